The van der Waals surface area contributed by atoms with Crippen LogP contribution < -0.4 is 15.5 Å². The second kappa shape index (κ2) is 9.26. The number of benzene rings is 1. The summed E-state index contributed by atoms with van der Waals surface area (Å²) in [6, 6.07) is 10.3. The smallest absolute Gasteiger partial charge is 0.191 e. The number of hydrogen-bond donors (Lipinski definition) is 2. The molecular weight excluding hydrogens is 366 g/mol. The largest absolute Gasteiger partial charge is 0.369 e. The van der Waals surface area contributed by atoms with Gasteiger partial charge in [0.25, 0.3) is 0 Å². The maximum atomic E-state index is 6.53. The highest BCUT2D eigenvalue weighted by Crippen LogP contribution is 2.28. The summed E-state index contributed by atoms with van der Waals surface area (Å²) in [6.45, 7) is 5.61. The fourth-order valence-electron chi connectivity index (χ4n) is 3.04. The van der Waals surface area contributed by atoms with E-state index in [2.05, 4.69) is 56.1 Å². The molecule has 0 bridgehead atoms. The Morgan fingerprint density at radius 1 is 1.12 bits per heavy atom. The van der Waals surface area contributed by atoms with Gasteiger partial charge in [-0.3, -0.25) is 4.99 Å². The van der Waals surface area contributed by atoms with Gasteiger partial charge < -0.3 is 20.4 Å². The molecule has 0 aliphatic carbocycles. The number of rotatable bonds is 5. The van der Waals surface area contributed by atoms with Crippen LogP contribution in [-0.2, 0) is 13.1 Å². The summed E-state index contributed by atoms with van der Waals surface area (Å²) >= 11 is 8.26. The monoisotopic (exact) mass is 391 g/mol. The third-order valence-electron chi connectivity index (χ3n) is 4.60. The molecule has 1 aliphatic rings. The van der Waals surface area contributed by atoms with Gasteiger partial charge in [-0.05, 0) is 30.6 Å². The minimum absolute atomic E-state index is 0.644. The number of guanidine groups is 1. The van der Waals surface area contributed by atoms with Crippen LogP contribution in [0.2, 0.25) is 5.02 Å². The van der Waals surface area contributed by atoms with E-state index >= 15 is 0 Å². The fraction of sp³-hybridized carbons (Fsp3) is 0.421. The predicted octanol–water partition coefficient (Wildman–Crippen LogP) is 3.02. The van der Waals surface area contributed by atoms with Gasteiger partial charge in [0.2, 0.25) is 0 Å². The van der Waals surface area contributed by atoms with Gasteiger partial charge in [0, 0.05) is 60.9 Å². The Morgan fingerprint density at radius 2 is 1.88 bits per heavy atom. The molecule has 2 aromatic rings. The first-order valence-corrected chi connectivity index (χ1v) is 10.1. The van der Waals surface area contributed by atoms with Crippen molar-refractivity contribution in [2.24, 2.45) is 4.99 Å². The third kappa shape index (κ3) is 4.90. The molecule has 0 saturated carbocycles. The number of halogens is 1. The first-order valence-electron chi connectivity index (χ1n) is 8.85. The quantitative estimate of drug-likeness (QED) is 0.607. The average molecular weight is 392 g/mol. The summed E-state index contributed by atoms with van der Waals surface area (Å²) in [5.74, 6) is 0.780. The molecule has 0 radical (unpaired) electrons. The zero-order chi connectivity index (χ0) is 18.4. The molecule has 1 aromatic heterocycles. The van der Waals surface area contributed by atoms with Crippen LogP contribution in [0, 0.1) is 0 Å². The molecule has 0 spiro atoms. The summed E-state index contributed by atoms with van der Waals surface area (Å²) in [4.78, 5) is 10.4. The first-order chi connectivity index (χ1) is 12.7. The normalized spacial score (nSPS) is 16.0. The molecule has 1 saturated heterocycles. The molecule has 2 heterocycles. The van der Waals surface area contributed by atoms with E-state index in [1.165, 1.54) is 10.6 Å². The van der Waals surface area contributed by atoms with Crippen LogP contribution >= 0.6 is 22.9 Å². The molecule has 0 atom stereocenters. The van der Waals surface area contributed by atoms with Gasteiger partial charge in [-0.15, -0.1) is 11.3 Å². The molecule has 26 heavy (non-hydrogen) atoms. The summed E-state index contributed by atoms with van der Waals surface area (Å²) in [6.07, 6.45) is 0. The molecule has 1 fully saturated rings. The Labute approximate surface area is 164 Å². The molecule has 140 valence electrons. The van der Waals surface area contributed by atoms with Crippen molar-refractivity contribution in [1.29, 1.82) is 0 Å². The molecule has 1 aromatic carbocycles. The number of thiophene rings is 1. The first kappa shape index (κ1) is 19.0. The van der Waals surface area contributed by atoms with Crippen LogP contribution in [0.5, 0.6) is 0 Å². The molecule has 2 N–H and O–H groups in total. The third-order valence-corrected chi connectivity index (χ3v) is 5.83. The van der Waals surface area contributed by atoms with Gasteiger partial charge in [-0.1, -0.05) is 23.7 Å². The zero-order valence-electron chi connectivity index (χ0n) is 15.3. The van der Waals surface area contributed by atoms with Gasteiger partial charge in [0.15, 0.2) is 5.96 Å². The molecule has 0 unspecified atom stereocenters. The van der Waals surface area contributed by atoms with E-state index in [4.69, 9.17) is 11.6 Å². The van der Waals surface area contributed by atoms with Crippen molar-refractivity contribution in [3.05, 3.63) is 51.2 Å². The van der Waals surface area contributed by atoms with Gasteiger partial charge in [-0.2, -0.15) is 0 Å². The highest BCUT2D eigenvalue weighted by Gasteiger charge is 2.18. The van der Waals surface area contributed by atoms with Crippen LogP contribution in [0.4, 0.5) is 5.69 Å². The van der Waals surface area contributed by atoms with E-state index < -0.39 is 0 Å². The highest BCUT2D eigenvalue weighted by atomic mass is 35.5. The maximum Gasteiger partial charge on any atom is 0.191 e. The molecule has 7 heteroatoms. The topological polar surface area (TPSA) is 42.9 Å². The summed E-state index contributed by atoms with van der Waals surface area (Å²) in [7, 11) is 3.96. The lowest BCUT2D eigenvalue weighted by Gasteiger charge is -2.35. The lowest BCUT2D eigenvalue weighted by Crippen LogP contribution is -2.45. The number of hydrogen-bond acceptors (Lipinski definition) is 4. The number of anilines is 1. The second-order valence-electron chi connectivity index (χ2n) is 6.39. The maximum absolute atomic E-state index is 6.53. The van der Waals surface area contributed by atoms with Crippen molar-refractivity contribution in [2.45, 2.75) is 13.1 Å². The van der Waals surface area contributed by atoms with E-state index in [9.17, 15) is 0 Å². The minimum Gasteiger partial charge on any atom is -0.369 e. The zero-order valence-corrected chi connectivity index (χ0v) is 16.9. The summed E-state index contributed by atoms with van der Waals surface area (Å²) < 4.78 is 0. The highest BCUT2D eigenvalue weighted by molar-refractivity contribution is 7.09. The van der Waals surface area contributed by atoms with Gasteiger partial charge in [0.05, 0.1) is 6.54 Å². The van der Waals surface area contributed by atoms with E-state index in [1.807, 2.05) is 12.1 Å². The Morgan fingerprint density at radius 3 is 2.58 bits per heavy atom. The van der Waals surface area contributed by atoms with Crippen molar-refractivity contribution >= 4 is 34.6 Å². The lowest BCUT2D eigenvalue weighted by atomic mass is 10.1. The van der Waals surface area contributed by atoms with Gasteiger partial charge in [-0.25, -0.2) is 0 Å². The lowest BCUT2D eigenvalue weighted by molar-refractivity contribution is 0.312. The Bertz CT molecular complexity index is 724. The van der Waals surface area contributed by atoms with Crippen molar-refractivity contribution < 1.29 is 0 Å². The van der Waals surface area contributed by atoms with Crippen LogP contribution in [-0.4, -0.2) is 51.1 Å². The molecule has 1 aliphatic heterocycles. The van der Waals surface area contributed by atoms with Crippen molar-refractivity contribution in [2.75, 3.05) is 45.2 Å². The van der Waals surface area contributed by atoms with Crippen molar-refractivity contribution in [1.82, 2.24) is 15.5 Å². The van der Waals surface area contributed by atoms with E-state index in [-0.39, 0.29) is 0 Å². The van der Waals surface area contributed by atoms with E-state index in [0.717, 1.165) is 49.3 Å². The van der Waals surface area contributed by atoms with Crippen LogP contribution in [0.15, 0.2) is 40.7 Å². The number of nitrogens with one attached hydrogen (secondary N) is 2. The predicted molar refractivity (Wildman–Crippen MR) is 113 cm³/mol. The molecule has 3 rings (SSSR count). The number of nitrogens with zero attached hydrogens (tertiary/aromatic N) is 3. The molecule has 0 amide bonds. The van der Waals surface area contributed by atoms with E-state index in [1.54, 1.807) is 18.4 Å². The fourth-order valence-corrected chi connectivity index (χ4v) is 3.92. The summed E-state index contributed by atoms with van der Waals surface area (Å²) in [5.41, 5.74) is 2.34. The van der Waals surface area contributed by atoms with Crippen molar-refractivity contribution in [3.8, 4) is 0 Å². The van der Waals surface area contributed by atoms with Crippen molar-refractivity contribution in [3.63, 3.8) is 0 Å². The average Bonchev–Trinajstić information content (AvgIpc) is 3.17. The SMILES string of the molecule is CN=C(NCc1cccs1)NCc1c(Cl)cccc1N1CCN(C)CC1. The second-order valence-corrected chi connectivity index (χ2v) is 7.83. The Balaban J connectivity index is 1.64. The van der Waals surface area contributed by atoms with E-state index in [0.29, 0.717) is 6.54 Å². The Hall–Kier alpha value is -1.76. The molecular formula is C19H26ClN5S. The van der Waals surface area contributed by atoms with Gasteiger partial charge >= 0.3 is 0 Å². The van der Waals surface area contributed by atoms with Crippen LogP contribution in [0.3, 0.4) is 0 Å². The van der Waals surface area contributed by atoms with Gasteiger partial charge in [0.1, 0.15) is 0 Å². The minimum atomic E-state index is 0.644. The van der Waals surface area contributed by atoms with Crippen LogP contribution in [0.25, 0.3) is 0 Å². The number of piperazine rings is 1. The van der Waals surface area contributed by atoms with Crippen LogP contribution in [0.1, 0.15) is 10.4 Å². The Kier molecular flexibility index (Phi) is 6.77. The summed E-state index contributed by atoms with van der Waals surface area (Å²) in [5, 5.41) is 9.63. The number of likely N-dealkylation sites (N-methyl/N-ethyl adjacent to an activating group) is 1. The number of aliphatic imine (C=N–C) groups is 1. The molecule has 5 nitrogen and oxygen atoms in total. The standard InChI is InChI=1S/C19H26ClN5S/c1-21-19(22-13-15-5-4-12-26-15)23-14-16-17(20)6-3-7-18(16)25-10-8-24(2)9-11-25/h3-7,12H,8-11,13-14H2,1-2H3,(H2,21,22,23).